The number of hydrogen-bond acceptors (Lipinski definition) is 6. The molecular weight excluding hydrogens is 336 g/mol. The van der Waals surface area contributed by atoms with Crippen molar-refractivity contribution in [2.24, 2.45) is 0 Å². The van der Waals surface area contributed by atoms with E-state index in [1.807, 2.05) is 0 Å². The summed E-state index contributed by atoms with van der Waals surface area (Å²) in [5, 5.41) is 0. The number of hydrogen-bond donors (Lipinski definition) is 0. The molecule has 1 aliphatic rings. The molecule has 23 heavy (non-hydrogen) atoms. The Labute approximate surface area is 139 Å². The lowest BCUT2D eigenvalue weighted by molar-refractivity contribution is 0.0591. The molecule has 0 amide bonds. The van der Waals surface area contributed by atoms with Crippen LogP contribution in [0.15, 0.2) is 56.0 Å². The van der Waals surface area contributed by atoms with Crippen LogP contribution in [0.3, 0.4) is 0 Å². The van der Waals surface area contributed by atoms with Crippen molar-refractivity contribution in [3.8, 4) is 0 Å². The van der Waals surface area contributed by atoms with Gasteiger partial charge in [-0.2, -0.15) is 0 Å². The number of ether oxygens (including phenoxy) is 2. The van der Waals surface area contributed by atoms with Crippen molar-refractivity contribution in [3.05, 3.63) is 47.5 Å². The first-order chi connectivity index (χ1) is 11.0. The highest BCUT2D eigenvalue weighted by atomic mass is 32.2. The van der Waals surface area contributed by atoms with E-state index in [4.69, 9.17) is 9.47 Å². The molecule has 3 rings (SSSR count). The molecule has 0 aliphatic carbocycles. The highest BCUT2D eigenvalue weighted by Crippen LogP contribution is 2.43. The largest absolute Gasteiger partial charge is 0.465 e. The lowest BCUT2D eigenvalue weighted by atomic mass is 10.2. The van der Waals surface area contributed by atoms with E-state index < -0.39 is 22.7 Å². The van der Waals surface area contributed by atoms with Gasteiger partial charge < -0.3 is 9.47 Å². The summed E-state index contributed by atoms with van der Waals surface area (Å²) < 4.78 is 22.1. The van der Waals surface area contributed by atoms with Crippen molar-refractivity contribution in [1.29, 1.82) is 0 Å². The molecule has 0 saturated heterocycles. The summed E-state index contributed by atoms with van der Waals surface area (Å²) in [6, 6.07) is 9.85. The lowest BCUT2D eigenvalue weighted by Gasteiger charge is -2.19. The number of carbonyl (C=O) groups is 2. The molecule has 0 saturated carbocycles. The van der Waals surface area contributed by atoms with Gasteiger partial charge in [-0.25, -0.2) is 13.8 Å². The van der Waals surface area contributed by atoms with E-state index in [9.17, 15) is 13.8 Å². The first-order valence-corrected chi connectivity index (χ1v) is 8.56. The van der Waals surface area contributed by atoms with Gasteiger partial charge in [0.25, 0.3) is 0 Å². The topological polar surface area (TPSA) is 69.7 Å². The second kappa shape index (κ2) is 6.17. The van der Waals surface area contributed by atoms with Crippen molar-refractivity contribution in [3.63, 3.8) is 0 Å². The first kappa shape index (κ1) is 15.8. The van der Waals surface area contributed by atoms with Crippen molar-refractivity contribution < 1.29 is 23.3 Å². The van der Waals surface area contributed by atoms with Gasteiger partial charge in [0.1, 0.15) is 0 Å². The van der Waals surface area contributed by atoms with Crippen molar-refractivity contribution in [1.82, 2.24) is 0 Å². The fraction of sp³-hybridized carbons (Fsp3) is 0.125. The number of benzene rings is 2. The van der Waals surface area contributed by atoms with Gasteiger partial charge in [0, 0.05) is 9.79 Å². The van der Waals surface area contributed by atoms with Crippen LogP contribution >= 0.6 is 11.8 Å². The van der Waals surface area contributed by atoms with Crippen LogP contribution in [0.2, 0.25) is 0 Å². The monoisotopic (exact) mass is 348 g/mol. The molecule has 0 N–H and O–H groups in total. The SMILES string of the molecule is COC(=O)c1ccc2c(c1)Sc1ccc(C(=O)OC)cc1S2=O. The molecule has 118 valence electrons. The average Bonchev–Trinajstić information content (AvgIpc) is 2.59. The van der Waals surface area contributed by atoms with Crippen molar-refractivity contribution >= 4 is 34.5 Å². The summed E-state index contributed by atoms with van der Waals surface area (Å²) in [5.74, 6) is -0.910. The maximum atomic E-state index is 12.8. The number of methoxy groups -OCH3 is 2. The summed E-state index contributed by atoms with van der Waals surface area (Å²) >= 11 is 1.40. The molecule has 7 heteroatoms. The lowest BCUT2D eigenvalue weighted by Crippen LogP contribution is -2.08. The maximum Gasteiger partial charge on any atom is 0.337 e. The highest BCUT2D eigenvalue weighted by Gasteiger charge is 2.25. The Kier molecular flexibility index (Phi) is 4.23. The van der Waals surface area contributed by atoms with Crippen molar-refractivity contribution in [2.45, 2.75) is 19.6 Å². The number of carbonyl (C=O) groups excluding carboxylic acids is 2. The van der Waals surface area contributed by atoms with Crippen LogP contribution in [-0.2, 0) is 20.3 Å². The summed E-state index contributed by atoms with van der Waals surface area (Å²) in [4.78, 5) is 25.9. The van der Waals surface area contributed by atoms with Gasteiger partial charge in [-0.3, -0.25) is 0 Å². The van der Waals surface area contributed by atoms with E-state index in [0.29, 0.717) is 20.9 Å². The van der Waals surface area contributed by atoms with Crippen LogP contribution in [0.5, 0.6) is 0 Å². The minimum absolute atomic E-state index is 0.356. The molecule has 0 fully saturated rings. The molecule has 1 unspecified atom stereocenters. The average molecular weight is 348 g/mol. The Morgan fingerprint density at radius 2 is 1.48 bits per heavy atom. The maximum absolute atomic E-state index is 12.8. The number of rotatable bonds is 2. The predicted molar refractivity (Wildman–Crippen MR) is 84.4 cm³/mol. The van der Waals surface area contributed by atoms with Crippen LogP contribution in [0.1, 0.15) is 20.7 Å². The molecule has 2 aromatic rings. The second-order valence-electron chi connectivity index (χ2n) is 4.68. The Bertz CT molecular complexity index is 844. The summed E-state index contributed by atoms with van der Waals surface area (Å²) in [6.45, 7) is 0. The molecule has 1 heterocycles. The smallest absolute Gasteiger partial charge is 0.337 e. The van der Waals surface area contributed by atoms with Gasteiger partial charge in [-0.15, -0.1) is 0 Å². The van der Waals surface area contributed by atoms with E-state index in [1.54, 1.807) is 36.4 Å². The zero-order valence-electron chi connectivity index (χ0n) is 12.3. The molecule has 0 spiro atoms. The quantitative estimate of drug-likeness (QED) is 0.663. The summed E-state index contributed by atoms with van der Waals surface area (Å²) in [6.07, 6.45) is 0. The molecule has 1 aliphatic heterocycles. The van der Waals surface area contributed by atoms with E-state index >= 15 is 0 Å². The predicted octanol–water partition coefficient (Wildman–Crippen LogP) is 2.89. The Morgan fingerprint density at radius 1 is 0.870 bits per heavy atom. The third kappa shape index (κ3) is 2.77. The third-order valence-corrected chi connectivity index (χ3v) is 6.23. The van der Waals surface area contributed by atoms with Crippen LogP contribution in [0, 0.1) is 0 Å². The van der Waals surface area contributed by atoms with Gasteiger partial charge in [-0.05, 0) is 36.4 Å². The zero-order valence-corrected chi connectivity index (χ0v) is 14.0. The highest BCUT2D eigenvalue weighted by molar-refractivity contribution is 8.01. The molecule has 0 bridgehead atoms. The number of esters is 2. The molecule has 0 radical (unpaired) electrons. The standard InChI is InChI=1S/C16H12O5S2/c1-20-15(17)9-4-6-13-12(7-9)22-11-5-3-10(16(18)21-2)8-14(11)23(13)19/h3-8H,1-2H3. The Morgan fingerprint density at radius 3 is 2.13 bits per heavy atom. The molecule has 1 atom stereocenters. The van der Waals surface area contributed by atoms with Gasteiger partial charge >= 0.3 is 11.9 Å². The molecule has 5 nitrogen and oxygen atoms in total. The van der Waals surface area contributed by atoms with E-state index in [-0.39, 0.29) is 0 Å². The minimum atomic E-state index is -1.42. The first-order valence-electron chi connectivity index (χ1n) is 6.59. The van der Waals surface area contributed by atoms with Gasteiger partial charge in [0.15, 0.2) is 0 Å². The fourth-order valence-electron chi connectivity index (χ4n) is 2.20. The van der Waals surface area contributed by atoms with Crippen LogP contribution in [-0.4, -0.2) is 30.4 Å². The number of fused-ring (bicyclic) bond motifs is 2. The minimum Gasteiger partial charge on any atom is -0.465 e. The van der Waals surface area contributed by atoms with Crippen LogP contribution in [0.25, 0.3) is 0 Å². The van der Waals surface area contributed by atoms with E-state index in [2.05, 4.69) is 0 Å². The van der Waals surface area contributed by atoms with E-state index in [1.165, 1.54) is 26.0 Å². The Balaban J connectivity index is 2.05. The zero-order chi connectivity index (χ0) is 16.6. The summed E-state index contributed by atoms with van der Waals surface area (Å²) in [7, 11) is 1.20. The summed E-state index contributed by atoms with van der Waals surface area (Å²) in [5.41, 5.74) is 0.764. The van der Waals surface area contributed by atoms with E-state index in [0.717, 1.165) is 9.79 Å². The second-order valence-corrected chi connectivity index (χ2v) is 7.18. The van der Waals surface area contributed by atoms with Crippen molar-refractivity contribution in [2.75, 3.05) is 14.2 Å². The normalized spacial score (nSPS) is 15.3. The van der Waals surface area contributed by atoms with Crippen LogP contribution in [0.4, 0.5) is 0 Å². The van der Waals surface area contributed by atoms with Gasteiger partial charge in [0.2, 0.25) is 0 Å². The Hall–Kier alpha value is -2.12. The third-order valence-electron chi connectivity index (χ3n) is 3.35. The van der Waals surface area contributed by atoms with Crippen LogP contribution < -0.4 is 0 Å². The van der Waals surface area contributed by atoms with Gasteiger partial charge in [0.05, 0.1) is 45.9 Å². The van der Waals surface area contributed by atoms with Gasteiger partial charge in [-0.1, -0.05) is 11.8 Å². The molecule has 0 aromatic heterocycles. The fourth-order valence-corrected chi connectivity index (χ4v) is 4.95. The molecular formula is C16H12O5S2. The molecule has 2 aromatic carbocycles.